The fourth-order valence-electron chi connectivity index (χ4n) is 4.74. The van der Waals surface area contributed by atoms with E-state index in [-0.39, 0.29) is 18.3 Å². The number of hydrogen-bond donors (Lipinski definition) is 2. The second-order valence-electron chi connectivity index (χ2n) is 7.97. The molecule has 4 unspecified atom stereocenters. The van der Waals surface area contributed by atoms with Gasteiger partial charge in [-0.3, -0.25) is 4.79 Å². The van der Waals surface area contributed by atoms with Crippen molar-refractivity contribution < 1.29 is 9.53 Å². The number of hydrogen-bond acceptors (Lipinski definition) is 3. The number of rotatable bonds is 5. The van der Waals surface area contributed by atoms with Crippen molar-refractivity contribution in [1.82, 2.24) is 10.6 Å². The minimum Gasteiger partial charge on any atom is -0.378 e. The Morgan fingerprint density at radius 2 is 1.91 bits per heavy atom. The molecule has 2 N–H and O–H groups in total. The summed E-state index contributed by atoms with van der Waals surface area (Å²) in [7, 11) is 0. The van der Waals surface area contributed by atoms with Crippen LogP contribution < -0.4 is 10.6 Å². The Morgan fingerprint density at radius 1 is 1.22 bits per heavy atom. The Hall–Kier alpha value is -0.320. The summed E-state index contributed by atoms with van der Waals surface area (Å²) in [5, 5.41) is 6.84. The Morgan fingerprint density at radius 3 is 2.57 bits per heavy atom. The van der Waals surface area contributed by atoms with Crippen LogP contribution in [0.15, 0.2) is 0 Å². The molecule has 0 radical (unpaired) electrons. The first-order valence-corrected chi connectivity index (χ1v) is 9.26. The summed E-state index contributed by atoms with van der Waals surface area (Å²) in [5.74, 6) is 1.85. The Labute approximate surface area is 146 Å². The lowest BCUT2D eigenvalue weighted by molar-refractivity contribution is -0.123. The van der Waals surface area contributed by atoms with Crippen LogP contribution >= 0.6 is 12.4 Å². The molecule has 3 heterocycles. The molecule has 4 nitrogen and oxygen atoms in total. The molecular formula is C18H33ClN2O2. The van der Waals surface area contributed by atoms with Crippen molar-refractivity contribution in [1.29, 1.82) is 0 Å². The lowest BCUT2D eigenvalue weighted by Crippen LogP contribution is -2.43. The van der Waals surface area contributed by atoms with Crippen molar-refractivity contribution in [2.24, 2.45) is 17.8 Å². The Balaban J connectivity index is 0.00000192. The average molecular weight is 345 g/mol. The Bertz CT molecular complexity index is 379. The molecule has 3 aliphatic rings. The van der Waals surface area contributed by atoms with Gasteiger partial charge in [0.05, 0.1) is 6.10 Å². The lowest BCUT2D eigenvalue weighted by atomic mass is 9.87. The second-order valence-corrected chi connectivity index (χ2v) is 7.97. The highest BCUT2D eigenvalue weighted by Crippen LogP contribution is 2.32. The number of piperidine rings is 1. The summed E-state index contributed by atoms with van der Waals surface area (Å²) in [6.07, 6.45) is 8.31. The van der Waals surface area contributed by atoms with Gasteiger partial charge in [-0.15, -0.1) is 12.4 Å². The van der Waals surface area contributed by atoms with Crippen molar-refractivity contribution in [3.05, 3.63) is 0 Å². The Kier molecular flexibility index (Phi) is 7.18. The van der Waals surface area contributed by atoms with Crippen molar-refractivity contribution >= 4 is 18.3 Å². The molecule has 0 aromatic rings. The molecule has 1 amide bonds. The van der Waals surface area contributed by atoms with Crippen LogP contribution in [0.2, 0.25) is 0 Å². The van der Waals surface area contributed by atoms with Gasteiger partial charge in [0.2, 0.25) is 5.91 Å². The van der Waals surface area contributed by atoms with Crippen LogP contribution in [0, 0.1) is 17.8 Å². The minimum absolute atomic E-state index is 0. The van der Waals surface area contributed by atoms with Gasteiger partial charge in [-0.2, -0.15) is 0 Å². The monoisotopic (exact) mass is 344 g/mol. The zero-order valence-electron chi connectivity index (χ0n) is 14.6. The van der Waals surface area contributed by atoms with Crippen LogP contribution in [0.1, 0.15) is 58.8 Å². The maximum atomic E-state index is 12.3. The third-order valence-corrected chi connectivity index (χ3v) is 5.76. The molecule has 3 aliphatic heterocycles. The van der Waals surface area contributed by atoms with Crippen LogP contribution in [0.5, 0.6) is 0 Å². The highest BCUT2D eigenvalue weighted by molar-refractivity contribution is 5.85. The molecule has 0 aliphatic carbocycles. The quantitative estimate of drug-likeness (QED) is 0.806. The first kappa shape index (κ1) is 19.0. The number of fused-ring (bicyclic) bond motifs is 2. The molecule has 5 heteroatoms. The van der Waals surface area contributed by atoms with Crippen molar-refractivity contribution in [2.45, 2.75) is 77.0 Å². The zero-order chi connectivity index (χ0) is 15.5. The highest BCUT2D eigenvalue weighted by Gasteiger charge is 2.34. The molecule has 0 aromatic carbocycles. The van der Waals surface area contributed by atoms with Crippen molar-refractivity contribution in [3.8, 4) is 0 Å². The van der Waals surface area contributed by atoms with E-state index in [0.29, 0.717) is 42.4 Å². The fraction of sp³-hybridized carbons (Fsp3) is 0.944. The van der Waals surface area contributed by atoms with Crippen LogP contribution in [0.4, 0.5) is 0 Å². The van der Waals surface area contributed by atoms with E-state index in [4.69, 9.17) is 4.74 Å². The molecule has 23 heavy (non-hydrogen) atoms. The maximum absolute atomic E-state index is 12.3. The smallest absolute Gasteiger partial charge is 0.220 e. The van der Waals surface area contributed by atoms with E-state index in [1.165, 1.54) is 32.1 Å². The van der Waals surface area contributed by atoms with Crippen molar-refractivity contribution in [3.63, 3.8) is 0 Å². The fourth-order valence-corrected chi connectivity index (χ4v) is 4.74. The number of ether oxygens (including phenoxy) is 1. The third kappa shape index (κ3) is 5.07. The maximum Gasteiger partial charge on any atom is 0.220 e. The molecule has 0 aromatic heterocycles. The molecular weight excluding hydrogens is 312 g/mol. The summed E-state index contributed by atoms with van der Waals surface area (Å²) in [4.78, 5) is 12.3. The lowest BCUT2D eigenvalue weighted by Gasteiger charge is -2.34. The highest BCUT2D eigenvalue weighted by atomic mass is 35.5. The first-order valence-electron chi connectivity index (χ1n) is 9.26. The van der Waals surface area contributed by atoms with E-state index in [1.54, 1.807) is 0 Å². The molecule has 134 valence electrons. The van der Waals surface area contributed by atoms with Gasteiger partial charge in [-0.05, 0) is 50.4 Å². The van der Waals surface area contributed by atoms with E-state index in [2.05, 4.69) is 24.5 Å². The normalized spacial score (nSPS) is 36.6. The molecule has 3 rings (SSSR count). The van der Waals surface area contributed by atoms with E-state index >= 15 is 0 Å². The average Bonchev–Trinajstić information content (AvgIpc) is 2.84. The molecule has 0 saturated carbocycles. The number of halogens is 1. The van der Waals surface area contributed by atoms with E-state index in [9.17, 15) is 4.79 Å². The zero-order valence-corrected chi connectivity index (χ0v) is 15.4. The van der Waals surface area contributed by atoms with Gasteiger partial charge in [0, 0.05) is 37.6 Å². The largest absolute Gasteiger partial charge is 0.378 e. The predicted molar refractivity (Wildman–Crippen MR) is 94.8 cm³/mol. The first-order chi connectivity index (χ1) is 10.6. The molecule has 4 atom stereocenters. The predicted octanol–water partition coefficient (Wildman–Crippen LogP) is 2.90. The van der Waals surface area contributed by atoms with Crippen LogP contribution in [-0.2, 0) is 9.53 Å². The molecule has 0 spiro atoms. The van der Waals surface area contributed by atoms with Gasteiger partial charge in [-0.1, -0.05) is 13.8 Å². The van der Waals surface area contributed by atoms with Gasteiger partial charge in [0.1, 0.15) is 0 Å². The summed E-state index contributed by atoms with van der Waals surface area (Å²) in [5.41, 5.74) is 0. The van der Waals surface area contributed by atoms with E-state index in [0.717, 1.165) is 19.6 Å². The van der Waals surface area contributed by atoms with Gasteiger partial charge in [-0.25, -0.2) is 0 Å². The van der Waals surface area contributed by atoms with Gasteiger partial charge < -0.3 is 15.4 Å². The van der Waals surface area contributed by atoms with Crippen LogP contribution in [0.25, 0.3) is 0 Å². The van der Waals surface area contributed by atoms with Gasteiger partial charge >= 0.3 is 0 Å². The number of nitrogens with one attached hydrogen (secondary N) is 2. The topological polar surface area (TPSA) is 50.4 Å². The van der Waals surface area contributed by atoms with E-state index < -0.39 is 0 Å². The summed E-state index contributed by atoms with van der Waals surface area (Å²) in [6, 6.07) is 1.35. The molecule has 3 fully saturated rings. The standard InChI is InChI=1S/C18H32N2O2.ClH/c1-12(2)18-14(4-3-7-22-18)11-19-17(21)10-13-8-15-5-6-16(9-13)20-15;/h12-16,18,20H,3-11H2,1-2H3,(H,19,21);1H. The van der Waals surface area contributed by atoms with Gasteiger partial charge in [0.15, 0.2) is 0 Å². The second kappa shape index (κ2) is 8.68. The third-order valence-electron chi connectivity index (χ3n) is 5.76. The van der Waals surface area contributed by atoms with Crippen LogP contribution in [0.3, 0.4) is 0 Å². The van der Waals surface area contributed by atoms with E-state index in [1.807, 2.05) is 0 Å². The number of amides is 1. The summed E-state index contributed by atoms with van der Waals surface area (Å²) >= 11 is 0. The molecule has 3 saturated heterocycles. The minimum atomic E-state index is 0. The summed E-state index contributed by atoms with van der Waals surface area (Å²) < 4.78 is 5.91. The SMILES string of the molecule is CC(C)C1OCCCC1CNC(=O)CC1CC2CCC(C1)N2.Cl. The number of carbonyl (C=O) groups is 1. The van der Waals surface area contributed by atoms with Crippen LogP contribution in [-0.4, -0.2) is 37.2 Å². The van der Waals surface area contributed by atoms with Gasteiger partial charge in [0.25, 0.3) is 0 Å². The summed E-state index contributed by atoms with van der Waals surface area (Å²) in [6.45, 7) is 6.11. The molecule has 2 bridgehead atoms. The van der Waals surface area contributed by atoms with Crippen molar-refractivity contribution in [2.75, 3.05) is 13.2 Å². The number of carbonyl (C=O) groups excluding carboxylic acids is 1.